The summed E-state index contributed by atoms with van der Waals surface area (Å²) in [5.41, 5.74) is 0. The van der Waals surface area contributed by atoms with Gasteiger partial charge in [-0.1, -0.05) is 50.7 Å². The van der Waals surface area contributed by atoms with E-state index in [4.69, 9.17) is 4.74 Å². The van der Waals surface area contributed by atoms with Crippen LogP contribution in [0.5, 0.6) is 0 Å². The van der Waals surface area contributed by atoms with Crippen molar-refractivity contribution in [2.75, 3.05) is 0 Å². The van der Waals surface area contributed by atoms with E-state index in [-0.39, 0.29) is 6.10 Å². The summed E-state index contributed by atoms with van der Waals surface area (Å²) in [6.45, 7) is 0. The number of ether oxygens (including phenoxy) is 1. The topological polar surface area (TPSA) is 29.5 Å². The Kier molecular flexibility index (Phi) is 6.38. The normalized spacial score (nSPS) is 42.3. The third-order valence-electron chi connectivity index (χ3n) is 6.15. The van der Waals surface area contributed by atoms with E-state index < -0.39 is 0 Å². The molecule has 3 aliphatic rings. The van der Waals surface area contributed by atoms with E-state index in [9.17, 15) is 5.11 Å². The molecule has 0 bridgehead atoms. The number of allylic oxidation sites excluding steroid dienone is 1. The van der Waals surface area contributed by atoms with E-state index in [0.717, 1.165) is 12.8 Å². The Morgan fingerprint density at radius 1 is 0.727 bits per heavy atom. The lowest BCUT2D eigenvalue weighted by atomic mass is 9.68. The molecule has 2 fully saturated rings. The number of fused-ring (bicyclic) bond motifs is 1. The Morgan fingerprint density at radius 3 is 2.36 bits per heavy atom. The second-order valence-corrected chi connectivity index (χ2v) is 7.74. The van der Waals surface area contributed by atoms with Crippen molar-refractivity contribution >= 4 is 0 Å². The van der Waals surface area contributed by atoms with Crippen molar-refractivity contribution < 1.29 is 9.84 Å². The van der Waals surface area contributed by atoms with Gasteiger partial charge in [0, 0.05) is 0 Å². The van der Waals surface area contributed by atoms with Gasteiger partial charge in [-0.25, -0.2) is 0 Å². The lowest BCUT2D eigenvalue weighted by molar-refractivity contribution is -0.109. The highest BCUT2D eigenvalue weighted by atomic mass is 16.5. The molecule has 3 aliphatic carbocycles. The van der Waals surface area contributed by atoms with Crippen molar-refractivity contribution in [3.8, 4) is 0 Å². The molecule has 1 N–H and O–H groups in total. The highest BCUT2D eigenvalue weighted by Gasteiger charge is 2.40. The summed E-state index contributed by atoms with van der Waals surface area (Å²) in [6.07, 6.45) is 21.7. The molecule has 126 valence electrons. The minimum absolute atomic E-state index is 0.0651. The minimum atomic E-state index is -0.0651. The molecule has 5 atom stereocenters. The molecule has 22 heavy (non-hydrogen) atoms. The molecule has 0 aromatic heterocycles. The quantitative estimate of drug-likeness (QED) is 0.727. The van der Waals surface area contributed by atoms with Gasteiger partial charge in [-0.2, -0.15) is 0 Å². The number of aliphatic hydroxyl groups excluding tert-OH is 1. The fraction of sp³-hybridized carbons (Fsp3) is 0.900. The van der Waals surface area contributed by atoms with Gasteiger partial charge >= 0.3 is 0 Å². The number of hydrogen-bond donors (Lipinski definition) is 1. The first kappa shape index (κ1) is 16.5. The van der Waals surface area contributed by atoms with Gasteiger partial charge in [0.1, 0.15) is 0 Å². The van der Waals surface area contributed by atoms with E-state index in [1.165, 1.54) is 70.6 Å². The largest absolute Gasteiger partial charge is 0.393 e. The standard InChI is InChI=1S/C20H34O2/c21-19-14-15-20(18-13-9-8-12-17(18)19)22-16-10-6-4-2-1-3-5-7-11-16/h6,10,16-21H,1-5,7-9,11-15H2/b10-6+. The van der Waals surface area contributed by atoms with E-state index >= 15 is 0 Å². The van der Waals surface area contributed by atoms with Crippen LogP contribution in [0.4, 0.5) is 0 Å². The first-order chi connectivity index (χ1) is 10.8. The molecule has 3 rings (SSSR count). The molecule has 5 unspecified atom stereocenters. The van der Waals surface area contributed by atoms with E-state index in [2.05, 4.69) is 12.2 Å². The maximum Gasteiger partial charge on any atom is 0.0759 e. The molecule has 0 aromatic carbocycles. The second kappa shape index (κ2) is 8.49. The zero-order valence-corrected chi connectivity index (χ0v) is 14.1. The second-order valence-electron chi connectivity index (χ2n) is 7.74. The van der Waals surface area contributed by atoms with Crippen LogP contribution in [0.1, 0.15) is 83.5 Å². The Morgan fingerprint density at radius 2 is 1.45 bits per heavy atom. The van der Waals surface area contributed by atoms with Gasteiger partial charge in [-0.15, -0.1) is 0 Å². The van der Waals surface area contributed by atoms with Crippen LogP contribution < -0.4 is 0 Å². The summed E-state index contributed by atoms with van der Waals surface area (Å²) >= 11 is 0. The van der Waals surface area contributed by atoms with Crippen LogP contribution in [0.25, 0.3) is 0 Å². The molecular weight excluding hydrogens is 272 g/mol. The van der Waals surface area contributed by atoms with Crippen LogP contribution >= 0.6 is 0 Å². The summed E-state index contributed by atoms with van der Waals surface area (Å²) in [5, 5.41) is 10.3. The van der Waals surface area contributed by atoms with Crippen LogP contribution in [0, 0.1) is 11.8 Å². The fourth-order valence-corrected chi connectivity index (χ4v) is 4.88. The van der Waals surface area contributed by atoms with Crippen molar-refractivity contribution in [3.63, 3.8) is 0 Å². The molecular formula is C20H34O2. The number of rotatable bonds is 2. The third kappa shape index (κ3) is 4.35. The molecule has 0 amide bonds. The maximum atomic E-state index is 10.3. The first-order valence-corrected chi connectivity index (χ1v) is 9.85. The predicted molar refractivity (Wildman–Crippen MR) is 90.8 cm³/mol. The van der Waals surface area contributed by atoms with E-state index in [1.807, 2.05) is 0 Å². The molecule has 0 aromatic rings. The lowest BCUT2D eigenvalue weighted by Crippen LogP contribution is -2.44. The number of hydrogen-bond acceptors (Lipinski definition) is 2. The Labute approximate surface area is 136 Å². The van der Waals surface area contributed by atoms with Gasteiger partial charge in [0.25, 0.3) is 0 Å². The summed E-state index contributed by atoms with van der Waals surface area (Å²) in [5.74, 6) is 1.12. The number of aliphatic hydroxyl groups is 1. The van der Waals surface area contributed by atoms with Crippen LogP contribution in [0.15, 0.2) is 12.2 Å². The van der Waals surface area contributed by atoms with Gasteiger partial charge in [0.15, 0.2) is 0 Å². The van der Waals surface area contributed by atoms with Gasteiger partial charge in [-0.05, 0) is 56.8 Å². The highest BCUT2D eigenvalue weighted by molar-refractivity contribution is 4.95. The maximum absolute atomic E-state index is 10.3. The van der Waals surface area contributed by atoms with Crippen molar-refractivity contribution in [1.82, 2.24) is 0 Å². The average molecular weight is 306 g/mol. The van der Waals surface area contributed by atoms with Gasteiger partial charge in [-0.3, -0.25) is 0 Å². The molecule has 2 saturated carbocycles. The van der Waals surface area contributed by atoms with E-state index in [1.54, 1.807) is 0 Å². The summed E-state index contributed by atoms with van der Waals surface area (Å²) in [7, 11) is 0. The Balaban J connectivity index is 1.59. The SMILES string of the molecule is OC1CCC(OC2/C=C/CCCCCCC2)C2CCCCC12. The van der Waals surface area contributed by atoms with Gasteiger partial charge in [0.2, 0.25) is 0 Å². The predicted octanol–water partition coefficient (Wildman–Crippen LogP) is 5.00. The van der Waals surface area contributed by atoms with Crippen molar-refractivity contribution in [2.24, 2.45) is 11.8 Å². The molecule has 0 aliphatic heterocycles. The van der Waals surface area contributed by atoms with Crippen LogP contribution in [0.3, 0.4) is 0 Å². The van der Waals surface area contributed by atoms with E-state index in [0.29, 0.717) is 24.0 Å². The van der Waals surface area contributed by atoms with Gasteiger partial charge < -0.3 is 9.84 Å². The minimum Gasteiger partial charge on any atom is -0.393 e. The molecule has 2 heteroatoms. The van der Waals surface area contributed by atoms with Crippen molar-refractivity contribution in [3.05, 3.63) is 12.2 Å². The first-order valence-electron chi connectivity index (χ1n) is 9.85. The monoisotopic (exact) mass is 306 g/mol. The lowest BCUT2D eigenvalue weighted by Gasteiger charge is -2.44. The third-order valence-corrected chi connectivity index (χ3v) is 6.15. The molecule has 0 heterocycles. The highest BCUT2D eigenvalue weighted by Crippen LogP contribution is 2.42. The summed E-state index contributed by atoms with van der Waals surface area (Å²) in [6, 6.07) is 0. The van der Waals surface area contributed by atoms with Crippen LogP contribution in [-0.2, 0) is 4.74 Å². The zero-order chi connectivity index (χ0) is 15.2. The van der Waals surface area contributed by atoms with Crippen LogP contribution in [0.2, 0.25) is 0 Å². The van der Waals surface area contributed by atoms with Crippen molar-refractivity contribution in [1.29, 1.82) is 0 Å². The molecule has 0 saturated heterocycles. The fourth-order valence-electron chi connectivity index (χ4n) is 4.88. The molecule has 2 nitrogen and oxygen atoms in total. The zero-order valence-electron chi connectivity index (χ0n) is 14.1. The summed E-state index contributed by atoms with van der Waals surface area (Å²) < 4.78 is 6.58. The summed E-state index contributed by atoms with van der Waals surface area (Å²) in [4.78, 5) is 0. The van der Waals surface area contributed by atoms with Crippen molar-refractivity contribution in [2.45, 2.75) is 102 Å². The molecule has 0 spiro atoms. The van der Waals surface area contributed by atoms with Crippen LogP contribution in [-0.4, -0.2) is 23.4 Å². The Hall–Kier alpha value is -0.340. The molecule has 0 radical (unpaired) electrons. The van der Waals surface area contributed by atoms with Gasteiger partial charge in [0.05, 0.1) is 18.3 Å². The average Bonchev–Trinajstić information content (AvgIpc) is 2.56. The smallest absolute Gasteiger partial charge is 0.0759 e. The Bertz CT molecular complexity index is 352.